The van der Waals surface area contributed by atoms with Crippen LogP contribution in [0.15, 0.2) is 48.5 Å². The fourth-order valence-corrected chi connectivity index (χ4v) is 4.07. The van der Waals surface area contributed by atoms with Crippen molar-refractivity contribution in [1.82, 2.24) is 5.32 Å². The maximum absolute atomic E-state index is 12.5. The monoisotopic (exact) mass is 418 g/mol. The Balaban J connectivity index is 1.51. The maximum atomic E-state index is 12.5. The van der Waals surface area contributed by atoms with Crippen LogP contribution in [0, 0.1) is 0 Å². The quantitative estimate of drug-likeness (QED) is 0.676. The van der Waals surface area contributed by atoms with Crippen molar-refractivity contribution in [3.05, 3.63) is 64.7 Å². The molecule has 2 aromatic rings. The third kappa shape index (κ3) is 5.99. The number of hydrogen-bond acceptors (Lipinski definition) is 4. The van der Waals surface area contributed by atoms with Crippen LogP contribution in [0.4, 0.5) is 5.69 Å². The summed E-state index contributed by atoms with van der Waals surface area (Å²) in [6, 6.07) is 14.6. The first-order valence-electron chi connectivity index (χ1n) is 9.23. The number of nitrogens with one attached hydrogen (secondary N) is 2. The van der Waals surface area contributed by atoms with E-state index in [1.54, 1.807) is 24.3 Å². The number of thioether (sulfide) groups is 1. The SMILES string of the molecule is O=C(CSCc1ccccc1Cl)Nc1ccccc1C(=O)NC[C@@H]1CCCO1. The number of hydrogen-bond donors (Lipinski definition) is 2. The van der Waals surface area contributed by atoms with Gasteiger partial charge in [0.05, 0.1) is 23.1 Å². The molecule has 0 spiro atoms. The first-order chi connectivity index (χ1) is 13.6. The molecule has 0 saturated carbocycles. The molecule has 7 heteroatoms. The zero-order valence-electron chi connectivity index (χ0n) is 15.4. The van der Waals surface area contributed by atoms with Crippen LogP contribution in [-0.2, 0) is 15.3 Å². The van der Waals surface area contributed by atoms with Crippen molar-refractivity contribution in [3.8, 4) is 0 Å². The van der Waals surface area contributed by atoms with Gasteiger partial charge in [0.1, 0.15) is 0 Å². The molecule has 0 radical (unpaired) electrons. The van der Waals surface area contributed by atoms with Gasteiger partial charge in [-0.15, -0.1) is 11.8 Å². The van der Waals surface area contributed by atoms with Crippen LogP contribution in [0.25, 0.3) is 0 Å². The van der Waals surface area contributed by atoms with Crippen LogP contribution in [0.3, 0.4) is 0 Å². The second-order valence-electron chi connectivity index (χ2n) is 6.52. The van der Waals surface area contributed by atoms with Gasteiger partial charge in [0.2, 0.25) is 5.91 Å². The highest BCUT2D eigenvalue weighted by molar-refractivity contribution is 7.99. The van der Waals surface area contributed by atoms with E-state index in [0.717, 1.165) is 25.0 Å². The Bertz CT molecular complexity index is 825. The number of benzene rings is 2. The van der Waals surface area contributed by atoms with E-state index in [2.05, 4.69) is 10.6 Å². The second-order valence-corrected chi connectivity index (χ2v) is 7.92. The van der Waals surface area contributed by atoms with Gasteiger partial charge >= 0.3 is 0 Å². The molecule has 1 heterocycles. The largest absolute Gasteiger partial charge is 0.376 e. The van der Waals surface area contributed by atoms with Crippen molar-refractivity contribution in [3.63, 3.8) is 0 Å². The lowest BCUT2D eigenvalue weighted by atomic mass is 10.1. The lowest BCUT2D eigenvalue weighted by molar-refractivity contribution is -0.113. The highest BCUT2D eigenvalue weighted by atomic mass is 35.5. The molecule has 1 atom stereocenters. The Kier molecular flexibility index (Phi) is 7.77. The number of para-hydroxylation sites is 1. The predicted molar refractivity (Wildman–Crippen MR) is 114 cm³/mol. The molecule has 1 fully saturated rings. The van der Waals surface area contributed by atoms with Crippen molar-refractivity contribution in [2.24, 2.45) is 0 Å². The lowest BCUT2D eigenvalue weighted by Crippen LogP contribution is -2.32. The molecule has 1 saturated heterocycles. The van der Waals surface area contributed by atoms with Crippen LogP contribution < -0.4 is 10.6 Å². The Morgan fingerprint density at radius 3 is 2.71 bits per heavy atom. The van der Waals surface area contributed by atoms with Gasteiger partial charge in [-0.2, -0.15) is 0 Å². The molecular formula is C21H23ClN2O3S. The molecule has 1 aliphatic heterocycles. The summed E-state index contributed by atoms with van der Waals surface area (Å²) in [4.78, 5) is 24.8. The van der Waals surface area contributed by atoms with Crippen molar-refractivity contribution in [1.29, 1.82) is 0 Å². The van der Waals surface area contributed by atoms with Crippen LogP contribution in [0.2, 0.25) is 5.02 Å². The zero-order chi connectivity index (χ0) is 19.8. The normalized spacial score (nSPS) is 16.0. The van der Waals surface area contributed by atoms with Gasteiger partial charge in [0.25, 0.3) is 5.91 Å². The minimum Gasteiger partial charge on any atom is -0.376 e. The number of ether oxygens (including phenoxy) is 1. The van der Waals surface area contributed by atoms with Gasteiger partial charge in [-0.25, -0.2) is 0 Å². The Morgan fingerprint density at radius 1 is 1.14 bits per heavy atom. The highest BCUT2D eigenvalue weighted by Crippen LogP contribution is 2.21. The standard InChI is InChI=1S/C21H23ClN2O3S/c22-18-9-3-1-6-15(18)13-28-14-20(25)24-19-10-4-2-8-17(19)21(26)23-12-16-7-5-11-27-16/h1-4,6,8-10,16H,5,7,11-14H2,(H,23,26)(H,24,25)/t16-/m0/s1. The van der Waals surface area contributed by atoms with Crippen molar-refractivity contribution < 1.29 is 14.3 Å². The summed E-state index contributed by atoms with van der Waals surface area (Å²) in [5, 5.41) is 6.42. The zero-order valence-corrected chi connectivity index (χ0v) is 17.0. The smallest absolute Gasteiger partial charge is 0.253 e. The van der Waals surface area contributed by atoms with Gasteiger partial charge in [-0.3, -0.25) is 9.59 Å². The van der Waals surface area contributed by atoms with Gasteiger partial charge in [-0.05, 0) is 36.6 Å². The number of carbonyl (C=O) groups is 2. The first-order valence-corrected chi connectivity index (χ1v) is 10.8. The number of carbonyl (C=O) groups excluding carboxylic acids is 2. The van der Waals surface area contributed by atoms with Gasteiger partial charge in [0, 0.05) is 23.9 Å². The summed E-state index contributed by atoms with van der Waals surface area (Å²) >= 11 is 7.61. The second kappa shape index (κ2) is 10.5. The van der Waals surface area contributed by atoms with E-state index in [9.17, 15) is 9.59 Å². The van der Waals surface area contributed by atoms with Gasteiger partial charge < -0.3 is 15.4 Å². The molecule has 0 unspecified atom stereocenters. The van der Waals surface area contributed by atoms with Crippen LogP contribution >= 0.6 is 23.4 Å². The fourth-order valence-electron chi connectivity index (χ4n) is 2.95. The van der Waals surface area contributed by atoms with E-state index >= 15 is 0 Å². The summed E-state index contributed by atoms with van der Waals surface area (Å²) in [5.41, 5.74) is 1.96. The Labute approximate surface area is 174 Å². The average Bonchev–Trinajstić information content (AvgIpc) is 3.22. The number of amides is 2. The van der Waals surface area contributed by atoms with Gasteiger partial charge in [-0.1, -0.05) is 41.9 Å². The highest BCUT2D eigenvalue weighted by Gasteiger charge is 2.18. The molecule has 2 aromatic carbocycles. The summed E-state index contributed by atoms with van der Waals surface area (Å²) in [6.45, 7) is 1.23. The van der Waals surface area contributed by atoms with E-state index in [4.69, 9.17) is 16.3 Å². The Hall–Kier alpha value is -2.02. The topological polar surface area (TPSA) is 67.4 Å². The summed E-state index contributed by atoms with van der Waals surface area (Å²) in [7, 11) is 0. The number of rotatable bonds is 8. The minimum atomic E-state index is -0.213. The van der Waals surface area contributed by atoms with Crippen molar-refractivity contribution in [2.45, 2.75) is 24.7 Å². The number of halogens is 1. The Morgan fingerprint density at radius 2 is 1.93 bits per heavy atom. The van der Waals surface area contributed by atoms with E-state index in [1.807, 2.05) is 24.3 Å². The van der Waals surface area contributed by atoms with Crippen LogP contribution in [0.1, 0.15) is 28.8 Å². The molecule has 2 amide bonds. The van der Waals surface area contributed by atoms with Crippen molar-refractivity contribution >= 4 is 40.9 Å². The predicted octanol–water partition coefficient (Wildman–Crippen LogP) is 4.12. The maximum Gasteiger partial charge on any atom is 0.253 e. The molecule has 0 aliphatic carbocycles. The number of anilines is 1. The van der Waals surface area contributed by atoms with E-state index in [0.29, 0.717) is 28.6 Å². The lowest BCUT2D eigenvalue weighted by Gasteiger charge is -2.14. The first kappa shape index (κ1) is 20.7. The molecule has 5 nitrogen and oxygen atoms in total. The van der Waals surface area contributed by atoms with E-state index in [1.165, 1.54) is 11.8 Å². The molecule has 0 aromatic heterocycles. The molecule has 0 bridgehead atoms. The fraction of sp³-hybridized carbons (Fsp3) is 0.333. The molecular weight excluding hydrogens is 396 g/mol. The van der Waals surface area contributed by atoms with E-state index in [-0.39, 0.29) is 23.7 Å². The van der Waals surface area contributed by atoms with E-state index < -0.39 is 0 Å². The van der Waals surface area contributed by atoms with Crippen molar-refractivity contribution in [2.75, 3.05) is 24.2 Å². The molecule has 148 valence electrons. The summed E-state index contributed by atoms with van der Waals surface area (Å²) < 4.78 is 5.53. The third-order valence-electron chi connectivity index (χ3n) is 4.41. The molecule has 2 N–H and O–H groups in total. The summed E-state index contributed by atoms with van der Waals surface area (Å²) in [5.74, 6) is 0.555. The third-order valence-corrected chi connectivity index (χ3v) is 5.76. The average molecular weight is 419 g/mol. The van der Waals surface area contributed by atoms with Crippen LogP contribution in [0.5, 0.6) is 0 Å². The summed E-state index contributed by atoms with van der Waals surface area (Å²) in [6.07, 6.45) is 2.06. The molecule has 1 aliphatic rings. The van der Waals surface area contributed by atoms with Gasteiger partial charge in [0.15, 0.2) is 0 Å². The van der Waals surface area contributed by atoms with Crippen LogP contribution in [-0.4, -0.2) is 36.8 Å². The minimum absolute atomic E-state index is 0.0758. The molecule has 3 rings (SSSR count). The molecule has 28 heavy (non-hydrogen) atoms.